The molecule has 1 aliphatic carbocycles. The Kier molecular flexibility index (Phi) is 7.02. The molecule has 0 N–H and O–H groups in total. The fourth-order valence-electron chi connectivity index (χ4n) is 8.05. The molecule has 0 fully saturated rings. The molecule has 0 radical (unpaired) electrons. The van der Waals surface area contributed by atoms with Crippen molar-refractivity contribution < 1.29 is 0 Å². The number of nitrogens with zero attached hydrogens (tertiary/aromatic N) is 3. The molecule has 0 unspecified atom stereocenters. The van der Waals surface area contributed by atoms with Crippen molar-refractivity contribution in [2.24, 2.45) is 0 Å². The van der Waals surface area contributed by atoms with E-state index in [9.17, 15) is 5.26 Å². The normalized spacial score (nSPS) is 13.1. The molecule has 1 aliphatic heterocycles. The third-order valence-electron chi connectivity index (χ3n) is 10.4. The van der Waals surface area contributed by atoms with Gasteiger partial charge in [0.1, 0.15) is 0 Å². The first kappa shape index (κ1) is 30.3. The molecule has 2 aliphatic rings. The molecule has 0 amide bonds. The summed E-state index contributed by atoms with van der Waals surface area (Å²) in [5.74, 6) is 0.704. The van der Waals surface area contributed by atoms with E-state index in [-0.39, 0.29) is 0 Å². The second kappa shape index (κ2) is 12.1. The van der Waals surface area contributed by atoms with Crippen LogP contribution in [0.2, 0.25) is 0 Å². The van der Waals surface area contributed by atoms with Gasteiger partial charge in [0.15, 0.2) is 5.82 Å². The standard InChI is InChI=1S/C48H29N3S/c49-30-31-19-25-45-41(27-31)48(39-17-9-7-15-37(39)38-16-8-10-18-40(38)48)42-28-36(24-26-46(42)52-45)32-20-22-34(23-21-32)44-29-43(33-11-3-1-4-12-33)50-47(51-44)35-13-5-2-6-14-35/h1-29H. The Morgan fingerprint density at radius 3 is 1.56 bits per heavy atom. The molecule has 3 nitrogen and oxygen atoms in total. The van der Waals surface area contributed by atoms with Crippen molar-refractivity contribution in [3.8, 4) is 62.2 Å². The first-order valence-electron chi connectivity index (χ1n) is 17.4. The van der Waals surface area contributed by atoms with Gasteiger partial charge in [-0.25, -0.2) is 9.97 Å². The van der Waals surface area contributed by atoms with Crippen LogP contribution in [0.4, 0.5) is 0 Å². The zero-order valence-corrected chi connectivity index (χ0v) is 28.8. The minimum atomic E-state index is -0.547. The molecule has 2 heterocycles. The van der Waals surface area contributed by atoms with Crippen LogP contribution >= 0.6 is 11.8 Å². The zero-order chi connectivity index (χ0) is 34.6. The van der Waals surface area contributed by atoms with Crippen molar-refractivity contribution in [1.82, 2.24) is 9.97 Å². The van der Waals surface area contributed by atoms with Crippen molar-refractivity contribution in [3.05, 3.63) is 204 Å². The SMILES string of the molecule is N#Cc1ccc2c(c1)C1(c3cc(-c4ccc(-c5cc(-c6ccccc6)nc(-c6ccccc6)n5)cc4)ccc3S2)c2ccccc2-c2ccccc21. The van der Waals surface area contributed by atoms with Crippen LogP contribution in [0, 0.1) is 11.3 Å². The Balaban J connectivity index is 1.12. The predicted molar refractivity (Wildman–Crippen MR) is 210 cm³/mol. The Labute approximate surface area is 307 Å². The number of hydrogen-bond donors (Lipinski definition) is 0. The van der Waals surface area contributed by atoms with Gasteiger partial charge in [0.2, 0.25) is 0 Å². The number of benzene rings is 7. The molecule has 1 spiro atoms. The largest absolute Gasteiger partial charge is 0.228 e. The van der Waals surface area contributed by atoms with E-state index < -0.39 is 5.41 Å². The summed E-state index contributed by atoms with van der Waals surface area (Å²) in [6.07, 6.45) is 0. The highest BCUT2D eigenvalue weighted by Crippen LogP contribution is 2.62. The summed E-state index contributed by atoms with van der Waals surface area (Å²) in [5, 5.41) is 10.0. The average Bonchev–Trinajstić information content (AvgIpc) is 3.52. The van der Waals surface area contributed by atoms with Gasteiger partial charge in [-0.3, -0.25) is 0 Å². The summed E-state index contributed by atoms with van der Waals surface area (Å²) in [6.45, 7) is 0. The van der Waals surface area contributed by atoms with Crippen LogP contribution in [0.25, 0.3) is 56.2 Å². The maximum absolute atomic E-state index is 10.0. The Bertz CT molecular complexity index is 2610. The van der Waals surface area contributed by atoms with Crippen LogP contribution in [-0.2, 0) is 5.41 Å². The van der Waals surface area contributed by atoms with Crippen molar-refractivity contribution in [1.29, 1.82) is 5.26 Å². The molecule has 0 bridgehead atoms. The van der Waals surface area contributed by atoms with Crippen LogP contribution in [-0.4, -0.2) is 9.97 Å². The molecular weight excluding hydrogens is 651 g/mol. The lowest BCUT2D eigenvalue weighted by atomic mass is 9.66. The zero-order valence-electron chi connectivity index (χ0n) is 28.0. The Hall–Kier alpha value is -6.54. The molecular formula is C48H29N3S. The summed E-state index contributed by atoms with van der Waals surface area (Å²) < 4.78 is 0. The van der Waals surface area contributed by atoms with Gasteiger partial charge in [0.05, 0.1) is 28.4 Å². The third kappa shape index (κ3) is 4.67. The van der Waals surface area contributed by atoms with Gasteiger partial charge >= 0.3 is 0 Å². The lowest BCUT2D eigenvalue weighted by molar-refractivity contribution is 0.722. The van der Waals surface area contributed by atoms with Gasteiger partial charge in [-0.2, -0.15) is 5.26 Å². The topological polar surface area (TPSA) is 49.6 Å². The minimum Gasteiger partial charge on any atom is -0.228 e. The molecule has 4 heteroatoms. The second-order valence-electron chi connectivity index (χ2n) is 13.2. The van der Waals surface area contributed by atoms with Crippen LogP contribution in [0.3, 0.4) is 0 Å². The van der Waals surface area contributed by atoms with E-state index in [0.717, 1.165) is 39.2 Å². The number of hydrogen-bond acceptors (Lipinski definition) is 4. The van der Waals surface area contributed by atoms with Crippen molar-refractivity contribution in [3.63, 3.8) is 0 Å². The van der Waals surface area contributed by atoms with Gasteiger partial charge in [-0.15, -0.1) is 0 Å². The van der Waals surface area contributed by atoms with Crippen LogP contribution in [0.1, 0.15) is 27.8 Å². The maximum Gasteiger partial charge on any atom is 0.160 e. The van der Waals surface area contributed by atoms with E-state index >= 15 is 0 Å². The molecule has 8 aromatic rings. The third-order valence-corrected chi connectivity index (χ3v) is 11.6. The molecule has 0 atom stereocenters. The summed E-state index contributed by atoms with van der Waals surface area (Å²) in [7, 11) is 0. The van der Waals surface area contributed by atoms with Gasteiger partial charge < -0.3 is 0 Å². The lowest BCUT2D eigenvalue weighted by Gasteiger charge is -2.40. The van der Waals surface area contributed by atoms with E-state index in [4.69, 9.17) is 9.97 Å². The molecule has 7 aromatic carbocycles. The number of nitriles is 1. The van der Waals surface area contributed by atoms with E-state index in [0.29, 0.717) is 11.4 Å². The van der Waals surface area contributed by atoms with E-state index in [1.165, 1.54) is 43.2 Å². The Morgan fingerprint density at radius 2 is 0.923 bits per heavy atom. The van der Waals surface area contributed by atoms with E-state index in [1.807, 2.05) is 42.5 Å². The Morgan fingerprint density at radius 1 is 0.423 bits per heavy atom. The van der Waals surface area contributed by atoms with Crippen molar-refractivity contribution >= 4 is 11.8 Å². The van der Waals surface area contributed by atoms with Gasteiger partial charge in [-0.1, -0.05) is 151 Å². The highest BCUT2D eigenvalue weighted by molar-refractivity contribution is 7.99. The van der Waals surface area contributed by atoms with Gasteiger partial charge in [-0.05, 0) is 80.9 Å². The fraction of sp³-hybridized carbons (Fsp3) is 0.0208. The smallest absolute Gasteiger partial charge is 0.160 e. The van der Waals surface area contributed by atoms with Crippen LogP contribution in [0.5, 0.6) is 0 Å². The first-order chi connectivity index (χ1) is 25.7. The van der Waals surface area contributed by atoms with Gasteiger partial charge in [0.25, 0.3) is 0 Å². The first-order valence-corrected chi connectivity index (χ1v) is 18.2. The molecule has 0 saturated heterocycles. The molecule has 242 valence electrons. The molecule has 52 heavy (non-hydrogen) atoms. The lowest BCUT2D eigenvalue weighted by Crippen LogP contribution is -2.32. The van der Waals surface area contributed by atoms with Crippen LogP contribution in [0.15, 0.2) is 186 Å². The minimum absolute atomic E-state index is 0.547. The molecule has 0 saturated carbocycles. The van der Waals surface area contributed by atoms with Crippen LogP contribution < -0.4 is 0 Å². The highest BCUT2D eigenvalue weighted by atomic mass is 32.2. The fourth-order valence-corrected chi connectivity index (χ4v) is 9.21. The predicted octanol–water partition coefficient (Wildman–Crippen LogP) is 11.8. The molecule has 10 rings (SSSR count). The monoisotopic (exact) mass is 679 g/mol. The maximum atomic E-state index is 10.0. The second-order valence-corrected chi connectivity index (χ2v) is 14.3. The van der Waals surface area contributed by atoms with E-state index in [2.05, 4.69) is 140 Å². The number of rotatable bonds is 4. The quantitative estimate of drug-likeness (QED) is 0.186. The molecule has 1 aromatic heterocycles. The van der Waals surface area contributed by atoms with E-state index in [1.54, 1.807) is 11.8 Å². The number of fused-ring (bicyclic) bond motifs is 9. The summed E-state index contributed by atoms with van der Waals surface area (Å²) in [6, 6.07) is 64.3. The van der Waals surface area contributed by atoms with Crippen molar-refractivity contribution in [2.75, 3.05) is 0 Å². The summed E-state index contributed by atoms with van der Waals surface area (Å²) in [5.41, 5.74) is 14.7. The summed E-state index contributed by atoms with van der Waals surface area (Å²) in [4.78, 5) is 12.4. The average molecular weight is 680 g/mol. The van der Waals surface area contributed by atoms with Gasteiger partial charge in [0, 0.05) is 26.5 Å². The summed E-state index contributed by atoms with van der Waals surface area (Å²) >= 11 is 1.79. The number of aromatic nitrogens is 2. The highest BCUT2D eigenvalue weighted by Gasteiger charge is 2.50. The van der Waals surface area contributed by atoms with Crippen molar-refractivity contribution in [2.45, 2.75) is 15.2 Å².